The summed E-state index contributed by atoms with van der Waals surface area (Å²) < 4.78 is 1.68. The molecule has 17 heavy (non-hydrogen) atoms. The number of hydrogen-bond acceptors (Lipinski definition) is 3. The summed E-state index contributed by atoms with van der Waals surface area (Å²) in [5.41, 5.74) is 0.817. The van der Waals surface area contributed by atoms with Crippen LogP contribution in [0, 0.1) is 0 Å². The van der Waals surface area contributed by atoms with E-state index in [0.717, 1.165) is 12.1 Å². The fourth-order valence-electron chi connectivity index (χ4n) is 1.94. The van der Waals surface area contributed by atoms with E-state index in [9.17, 15) is 4.79 Å². The Balaban J connectivity index is 1.83. The lowest BCUT2D eigenvalue weighted by Gasteiger charge is -2.07. The Morgan fingerprint density at radius 2 is 2.18 bits per heavy atom. The number of para-hydroxylation sites is 1. The van der Waals surface area contributed by atoms with Crippen molar-refractivity contribution in [2.75, 3.05) is 6.54 Å². The maximum absolute atomic E-state index is 12.1. The number of fused-ring (bicyclic) bond motifs is 1. The van der Waals surface area contributed by atoms with Crippen LogP contribution in [0.2, 0.25) is 0 Å². The minimum absolute atomic E-state index is 0.0493. The minimum atomic E-state index is 0.0493. The van der Waals surface area contributed by atoms with Crippen molar-refractivity contribution >= 4 is 10.9 Å². The lowest BCUT2D eigenvalue weighted by Crippen LogP contribution is -2.28. The average molecular weight is 229 g/mol. The molecule has 4 nitrogen and oxygen atoms in total. The fourth-order valence-corrected chi connectivity index (χ4v) is 1.94. The van der Waals surface area contributed by atoms with Crippen molar-refractivity contribution in [2.24, 2.45) is 0 Å². The normalized spacial score (nSPS) is 15.3. The van der Waals surface area contributed by atoms with Crippen LogP contribution in [0.1, 0.15) is 12.8 Å². The topological polar surface area (TPSA) is 46.9 Å². The quantitative estimate of drug-likeness (QED) is 0.855. The molecule has 0 atom stereocenters. The van der Waals surface area contributed by atoms with Crippen molar-refractivity contribution in [2.45, 2.75) is 25.4 Å². The first-order chi connectivity index (χ1) is 8.34. The molecule has 1 aromatic heterocycles. The summed E-state index contributed by atoms with van der Waals surface area (Å²) in [5, 5.41) is 4.09. The molecule has 88 valence electrons. The van der Waals surface area contributed by atoms with Gasteiger partial charge in [0.25, 0.3) is 5.56 Å². The van der Waals surface area contributed by atoms with Gasteiger partial charge in [-0.05, 0) is 25.0 Å². The third kappa shape index (κ3) is 2.22. The van der Waals surface area contributed by atoms with E-state index in [4.69, 9.17) is 0 Å². The Morgan fingerprint density at radius 3 is 3.00 bits per heavy atom. The van der Waals surface area contributed by atoms with Gasteiger partial charge < -0.3 is 5.32 Å². The highest BCUT2D eigenvalue weighted by Gasteiger charge is 2.19. The molecule has 1 N–H and O–H groups in total. The lowest BCUT2D eigenvalue weighted by atomic mass is 10.2. The second kappa shape index (κ2) is 4.30. The van der Waals surface area contributed by atoms with Gasteiger partial charge in [0.05, 0.1) is 17.2 Å². The standard InChI is InChI=1S/C13H15N3O/c17-13-11-3-1-2-4-12(11)15-9-16(13)8-7-14-10-5-6-10/h1-4,9-10,14H,5-8H2. The van der Waals surface area contributed by atoms with Crippen molar-refractivity contribution in [1.82, 2.24) is 14.9 Å². The van der Waals surface area contributed by atoms with Crippen molar-refractivity contribution in [3.05, 3.63) is 40.9 Å². The molecule has 0 radical (unpaired) electrons. The van der Waals surface area contributed by atoms with Gasteiger partial charge >= 0.3 is 0 Å². The molecule has 1 aliphatic rings. The summed E-state index contributed by atoms with van der Waals surface area (Å²) >= 11 is 0. The molecule has 0 saturated heterocycles. The Hall–Kier alpha value is -1.68. The Bertz CT molecular complexity index is 586. The van der Waals surface area contributed by atoms with Gasteiger partial charge in [-0.1, -0.05) is 12.1 Å². The van der Waals surface area contributed by atoms with E-state index in [1.165, 1.54) is 12.8 Å². The molecule has 1 saturated carbocycles. The molecule has 0 bridgehead atoms. The highest BCUT2D eigenvalue weighted by atomic mass is 16.1. The SMILES string of the molecule is O=c1c2ccccc2ncn1CCNC1CC1. The van der Waals surface area contributed by atoms with Crippen LogP contribution in [-0.2, 0) is 6.54 Å². The number of aromatic nitrogens is 2. The summed E-state index contributed by atoms with van der Waals surface area (Å²) in [6.07, 6.45) is 4.18. The number of nitrogens with one attached hydrogen (secondary N) is 1. The van der Waals surface area contributed by atoms with Crippen LogP contribution in [-0.4, -0.2) is 22.1 Å². The van der Waals surface area contributed by atoms with Crippen molar-refractivity contribution in [1.29, 1.82) is 0 Å². The zero-order valence-corrected chi connectivity index (χ0v) is 9.60. The number of hydrogen-bond donors (Lipinski definition) is 1. The predicted molar refractivity (Wildman–Crippen MR) is 67.0 cm³/mol. The first-order valence-corrected chi connectivity index (χ1v) is 6.02. The van der Waals surface area contributed by atoms with Crippen LogP contribution in [0.25, 0.3) is 10.9 Å². The Kier molecular flexibility index (Phi) is 2.65. The zero-order chi connectivity index (χ0) is 11.7. The second-order valence-corrected chi connectivity index (χ2v) is 4.49. The lowest BCUT2D eigenvalue weighted by molar-refractivity contribution is 0.580. The van der Waals surface area contributed by atoms with Gasteiger partial charge in [0.2, 0.25) is 0 Å². The molecule has 1 heterocycles. The van der Waals surface area contributed by atoms with Gasteiger partial charge in [0.1, 0.15) is 0 Å². The minimum Gasteiger partial charge on any atom is -0.312 e. The maximum atomic E-state index is 12.1. The van der Waals surface area contributed by atoms with E-state index in [1.54, 1.807) is 10.9 Å². The van der Waals surface area contributed by atoms with Crippen LogP contribution in [0.5, 0.6) is 0 Å². The van der Waals surface area contributed by atoms with E-state index in [-0.39, 0.29) is 5.56 Å². The molecule has 0 unspecified atom stereocenters. The van der Waals surface area contributed by atoms with Gasteiger partial charge in [-0.25, -0.2) is 4.98 Å². The molecule has 0 spiro atoms. The Morgan fingerprint density at radius 1 is 1.35 bits per heavy atom. The van der Waals surface area contributed by atoms with Gasteiger partial charge in [0.15, 0.2) is 0 Å². The molecule has 4 heteroatoms. The summed E-state index contributed by atoms with van der Waals surface area (Å²) in [6.45, 7) is 1.53. The number of rotatable bonds is 4. The van der Waals surface area contributed by atoms with Crippen LogP contribution >= 0.6 is 0 Å². The molecule has 1 fully saturated rings. The van der Waals surface area contributed by atoms with E-state index in [2.05, 4.69) is 10.3 Å². The first kappa shape index (κ1) is 10.5. The highest BCUT2D eigenvalue weighted by molar-refractivity contribution is 5.76. The molecular weight excluding hydrogens is 214 g/mol. The van der Waals surface area contributed by atoms with Gasteiger partial charge in [-0.3, -0.25) is 9.36 Å². The summed E-state index contributed by atoms with van der Waals surface area (Å²) in [5.74, 6) is 0. The fraction of sp³-hybridized carbons (Fsp3) is 0.385. The second-order valence-electron chi connectivity index (χ2n) is 4.49. The monoisotopic (exact) mass is 229 g/mol. The van der Waals surface area contributed by atoms with E-state index in [0.29, 0.717) is 18.0 Å². The maximum Gasteiger partial charge on any atom is 0.261 e. The molecule has 3 rings (SSSR count). The molecule has 0 amide bonds. The van der Waals surface area contributed by atoms with E-state index in [1.807, 2.05) is 24.3 Å². The van der Waals surface area contributed by atoms with Crippen LogP contribution in [0.15, 0.2) is 35.4 Å². The molecule has 1 aromatic carbocycles. The summed E-state index contributed by atoms with van der Waals surface area (Å²) in [7, 11) is 0. The number of nitrogens with zero attached hydrogens (tertiary/aromatic N) is 2. The van der Waals surface area contributed by atoms with Gasteiger partial charge in [-0.2, -0.15) is 0 Å². The smallest absolute Gasteiger partial charge is 0.261 e. The zero-order valence-electron chi connectivity index (χ0n) is 9.60. The largest absolute Gasteiger partial charge is 0.312 e. The van der Waals surface area contributed by atoms with Crippen LogP contribution < -0.4 is 10.9 Å². The molecule has 1 aliphatic carbocycles. The molecule has 0 aliphatic heterocycles. The van der Waals surface area contributed by atoms with Gasteiger partial charge in [-0.15, -0.1) is 0 Å². The van der Waals surface area contributed by atoms with E-state index >= 15 is 0 Å². The molecule has 2 aromatic rings. The Labute approximate surface area is 99.3 Å². The third-order valence-corrected chi connectivity index (χ3v) is 3.09. The number of benzene rings is 1. The predicted octanol–water partition coefficient (Wildman–Crippen LogP) is 1.15. The third-order valence-electron chi connectivity index (χ3n) is 3.09. The van der Waals surface area contributed by atoms with Crippen LogP contribution in [0.4, 0.5) is 0 Å². The van der Waals surface area contributed by atoms with Crippen LogP contribution in [0.3, 0.4) is 0 Å². The highest BCUT2D eigenvalue weighted by Crippen LogP contribution is 2.18. The summed E-state index contributed by atoms with van der Waals surface area (Å²) in [6, 6.07) is 8.14. The van der Waals surface area contributed by atoms with E-state index < -0.39 is 0 Å². The van der Waals surface area contributed by atoms with Crippen molar-refractivity contribution in [3.63, 3.8) is 0 Å². The van der Waals surface area contributed by atoms with Crippen molar-refractivity contribution < 1.29 is 0 Å². The first-order valence-electron chi connectivity index (χ1n) is 6.02. The van der Waals surface area contributed by atoms with Gasteiger partial charge in [0, 0.05) is 19.1 Å². The van der Waals surface area contributed by atoms with Crippen molar-refractivity contribution in [3.8, 4) is 0 Å². The average Bonchev–Trinajstić information content (AvgIpc) is 3.17. The molecular formula is C13H15N3O. The summed E-state index contributed by atoms with van der Waals surface area (Å²) in [4.78, 5) is 16.4.